The Hall–Kier alpha value is -3.04. The van der Waals surface area contributed by atoms with Gasteiger partial charge in [0.15, 0.2) is 17.5 Å². The number of amides is 1. The molecule has 4 rings (SSSR count). The normalized spacial score (nSPS) is 21.0. The van der Waals surface area contributed by atoms with Gasteiger partial charge in [0.1, 0.15) is 5.69 Å². The molecule has 2 heterocycles. The minimum atomic E-state index is -0.137. The fourth-order valence-electron chi connectivity index (χ4n) is 4.55. The maximum Gasteiger partial charge on any atom is 0.212 e. The molecule has 1 aromatic carbocycles. The van der Waals surface area contributed by atoms with E-state index in [1.165, 1.54) is 25.7 Å². The van der Waals surface area contributed by atoms with Crippen LogP contribution in [0.3, 0.4) is 0 Å². The summed E-state index contributed by atoms with van der Waals surface area (Å²) < 4.78 is 5.49. The smallest absolute Gasteiger partial charge is 0.212 e. The highest BCUT2D eigenvalue weighted by molar-refractivity contribution is 6.00. The molecule has 9 nitrogen and oxygen atoms in total. The fourth-order valence-corrected chi connectivity index (χ4v) is 4.55. The second-order valence-corrected chi connectivity index (χ2v) is 9.34. The first-order chi connectivity index (χ1) is 16.5. The molecule has 2 aromatic rings. The third kappa shape index (κ3) is 6.09. The van der Waals surface area contributed by atoms with Gasteiger partial charge in [0, 0.05) is 25.2 Å². The van der Waals surface area contributed by atoms with Gasteiger partial charge in [-0.25, -0.2) is 15.0 Å². The molecule has 4 N–H and O–H groups in total. The van der Waals surface area contributed by atoms with Crippen LogP contribution in [-0.2, 0) is 9.53 Å². The number of anilines is 2. The molecule has 1 aliphatic heterocycles. The van der Waals surface area contributed by atoms with Gasteiger partial charge in [-0.15, -0.1) is 0 Å². The van der Waals surface area contributed by atoms with Crippen molar-refractivity contribution in [3.63, 3.8) is 0 Å². The Morgan fingerprint density at radius 3 is 2.68 bits per heavy atom. The Morgan fingerprint density at radius 2 is 1.97 bits per heavy atom. The van der Waals surface area contributed by atoms with Crippen LogP contribution >= 0.6 is 0 Å². The van der Waals surface area contributed by atoms with Crippen molar-refractivity contribution in [1.82, 2.24) is 20.3 Å². The monoisotopic (exact) mass is 465 g/mol. The van der Waals surface area contributed by atoms with E-state index in [1.54, 1.807) is 0 Å². The summed E-state index contributed by atoms with van der Waals surface area (Å²) in [6.45, 7) is 7.95. The van der Waals surface area contributed by atoms with E-state index in [2.05, 4.69) is 39.0 Å². The number of morpholine rings is 1. The molecule has 0 bridgehead atoms. The number of benzene rings is 1. The van der Waals surface area contributed by atoms with Crippen LogP contribution in [0.15, 0.2) is 24.3 Å². The van der Waals surface area contributed by atoms with Crippen LogP contribution in [-0.4, -0.2) is 60.1 Å². The summed E-state index contributed by atoms with van der Waals surface area (Å²) in [6, 6.07) is 8.14. The number of nitrogens with one attached hydrogen (secondary N) is 4. The van der Waals surface area contributed by atoms with Crippen molar-refractivity contribution in [1.29, 1.82) is 5.41 Å². The molecule has 1 saturated carbocycles. The molecule has 0 radical (unpaired) electrons. The van der Waals surface area contributed by atoms with Gasteiger partial charge in [-0.2, -0.15) is 0 Å². The standard InChI is InChI=1S/C25H35N7O2/c1-17-6-8-19(9-7-17)15-27-22-21(20-5-3-4-18(2)14-20)29-25(23(26)28-16-33)30-24(22)31-32-10-12-34-13-11-32/h3-5,14,16-17,19,27H,6-13,15H2,1-2H3,(H2,26,28,33)(H,29,30,31). The summed E-state index contributed by atoms with van der Waals surface area (Å²) in [6.07, 6.45) is 5.43. The first-order valence-corrected chi connectivity index (χ1v) is 12.1. The predicted octanol–water partition coefficient (Wildman–Crippen LogP) is 3.42. The molecule has 0 unspecified atom stereocenters. The zero-order valence-electron chi connectivity index (χ0n) is 20.1. The average Bonchev–Trinajstić information content (AvgIpc) is 2.84. The van der Waals surface area contributed by atoms with Crippen molar-refractivity contribution in [3.8, 4) is 11.3 Å². The van der Waals surface area contributed by atoms with Crippen LogP contribution in [0.5, 0.6) is 0 Å². The van der Waals surface area contributed by atoms with Crippen molar-refractivity contribution in [2.75, 3.05) is 43.6 Å². The number of hydrogen-bond acceptors (Lipinski definition) is 8. The molecule has 2 aliphatic rings. The Kier molecular flexibility index (Phi) is 8.08. The number of aromatic nitrogens is 2. The number of carbonyl (C=O) groups is 1. The summed E-state index contributed by atoms with van der Waals surface area (Å²) >= 11 is 0. The minimum absolute atomic E-state index is 0.137. The maximum atomic E-state index is 11.0. The highest BCUT2D eigenvalue weighted by Crippen LogP contribution is 2.34. The van der Waals surface area contributed by atoms with Crippen molar-refractivity contribution in [3.05, 3.63) is 35.7 Å². The predicted molar refractivity (Wildman–Crippen MR) is 134 cm³/mol. The molecular formula is C25H35N7O2. The molecule has 2 fully saturated rings. The zero-order valence-corrected chi connectivity index (χ0v) is 20.1. The summed E-state index contributed by atoms with van der Waals surface area (Å²) in [4.78, 5) is 20.4. The lowest BCUT2D eigenvalue weighted by molar-refractivity contribution is -0.108. The largest absolute Gasteiger partial charge is 0.380 e. The lowest BCUT2D eigenvalue weighted by Crippen LogP contribution is -2.41. The van der Waals surface area contributed by atoms with Gasteiger partial charge in [0.25, 0.3) is 0 Å². The van der Waals surface area contributed by atoms with E-state index in [4.69, 9.17) is 15.1 Å². The Labute approximate surface area is 201 Å². The number of nitrogens with zero attached hydrogens (tertiary/aromatic N) is 3. The van der Waals surface area contributed by atoms with Crippen LogP contribution in [0, 0.1) is 24.2 Å². The summed E-state index contributed by atoms with van der Waals surface area (Å²) in [5.41, 5.74) is 7.02. The summed E-state index contributed by atoms with van der Waals surface area (Å²) in [7, 11) is 0. The molecular weight excluding hydrogens is 430 g/mol. The van der Waals surface area contributed by atoms with E-state index in [9.17, 15) is 4.79 Å². The Bertz CT molecular complexity index is 999. The number of carbonyl (C=O) groups excluding carboxylic acids is 1. The second kappa shape index (κ2) is 11.4. The van der Waals surface area contributed by atoms with Crippen molar-refractivity contribution >= 4 is 23.8 Å². The van der Waals surface area contributed by atoms with E-state index >= 15 is 0 Å². The van der Waals surface area contributed by atoms with E-state index < -0.39 is 0 Å². The minimum Gasteiger partial charge on any atom is -0.380 e. The zero-order chi connectivity index (χ0) is 23.9. The third-order valence-corrected chi connectivity index (χ3v) is 6.61. The molecule has 0 spiro atoms. The fraction of sp³-hybridized carbons (Fsp3) is 0.520. The SMILES string of the molecule is Cc1cccc(-c2nc(C(=N)NC=O)nc(NN3CCOCC3)c2NCC2CCC(C)CC2)c1. The Balaban J connectivity index is 1.73. The maximum absolute atomic E-state index is 11.0. The molecule has 34 heavy (non-hydrogen) atoms. The number of amidine groups is 1. The van der Waals surface area contributed by atoms with Gasteiger partial charge < -0.3 is 20.8 Å². The van der Waals surface area contributed by atoms with Gasteiger partial charge in [0.2, 0.25) is 6.41 Å². The molecule has 0 atom stereocenters. The number of hydrazine groups is 1. The summed E-state index contributed by atoms with van der Waals surface area (Å²) in [5.74, 6) is 2.03. The van der Waals surface area contributed by atoms with E-state index in [1.807, 2.05) is 25.1 Å². The third-order valence-electron chi connectivity index (χ3n) is 6.61. The number of hydrogen-bond donors (Lipinski definition) is 4. The first-order valence-electron chi connectivity index (χ1n) is 12.1. The lowest BCUT2D eigenvalue weighted by atomic mass is 9.83. The number of rotatable bonds is 8. The molecule has 1 aliphatic carbocycles. The van der Waals surface area contributed by atoms with Crippen molar-refractivity contribution in [2.45, 2.75) is 39.5 Å². The van der Waals surface area contributed by atoms with Gasteiger partial charge in [-0.05, 0) is 37.7 Å². The molecule has 1 amide bonds. The first kappa shape index (κ1) is 24.1. The second-order valence-electron chi connectivity index (χ2n) is 9.34. The summed E-state index contributed by atoms with van der Waals surface area (Å²) in [5, 5.41) is 16.4. The molecule has 182 valence electrons. The van der Waals surface area contributed by atoms with Gasteiger partial charge in [0.05, 0.1) is 18.9 Å². The van der Waals surface area contributed by atoms with Gasteiger partial charge >= 0.3 is 0 Å². The lowest BCUT2D eigenvalue weighted by Gasteiger charge is -2.30. The van der Waals surface area contributed by atoms with Crippen LogP contribution < -0.4 is 16.1 Å². The topological polar surface area (TPSA) is 115 Å². The highest BCUT2D eigenvalue weighted by atomic mass is 16.5. The van der Waals surface area contributed by atoms with Gasteiger partial charge in [-0.3, -0.25) is 10.2 Å². The quantitative estimate of drug-likeness (QED) is 0.268. The van der Waals surface area contributed by atoms with E-state index in [0.717, 1.165) is 42.4 Å². The van der Waals surface area contributed by atoms with Crippen LogP contribution in [0.25, 0.3) is 11.3 Å². The highest BCUT2D eigenvalue weighted by Gasteiger charge is 2.23. The van der Waals surface area contributed by atoms with Crippen LogP contribution in [0.4, 0.5) is 11.5 Å². The molecule has 1 saturated heterocycles. The molecule has 1 aromatic heterocycles. The Morgan fingerprint density at radius 1 is 1.21 bits per heavy atom. The van der Waals surface area contributed by atoms with Gasteiger partial charge in [-0.1, -0.05) is 43.5 Å². The van der Waals surface area contributed by atoms with Crippen LogP contribution in [0.2, 0.25) is 0 Å². The number of ether oxygens (including phenoxy) is 1. The van der Waals surface area contributed by atoms with Crippen molar-refractivity contribution < 1.29 is 9.53 Å². The number of aryl methyl sites for hydroxylation is 1. The van der Waals surface area contributed by atoms with Crippen molar-refractivity contribution in [2.24, 2.45) is 11.8 Å². The van der Waals surface area contributed by atoms with E-state index in [-0.39, 0.29) is 11.7 Å². The average molecular weight is 466 g/mol. The van der Waals surface area contributed by atoms with Crippen LogP contribution in [0.1, 0.15) is 44.0 Å². The van der Waals surface area contributed by atoms with E-state index in [0.29, 0.717) is 37.1 Å². The molecule has 9 heteroatoms.